The van der Waals surface area contributed by atoms with Gasteiger partial charge in [-0.2, -0.15) is 10.2 Å². The number of nitrogens with one attached hydrogen (secondary N) is 1. The van der Waals surface area contributed by atoms with Crippen molar-refractivity contribution < 1.29 is 19.1 Å². The van der Waals surface area contributed by atoms with E-state index in [9.17, 15) is 9.59 Å². The largest absolute Gasteiger partial charge is 0.469 e. The average Bonchev–Trinajstić information content (AvgIpc) is 3.34. The normalized spacial score (nSPS) is 11.4. The number of aryl methyl sites for hydroxylation is 1. The lowest BCUT2D eigenvalue weighted by molar-refractivity contribution is -0.140. The van der Waals surface area contributed by atoms with Gasteiger partial charge in [-0.1, -0.05) is 6.07 Å². The van der Waals surface area contributed by atoms with Crippen LogP contribution in [0.5, 0.6) is 0 Å². The molecule has 10 nitrogen and oxygen atoms in total. The molecule has 0 aromatic carbocycles. The lowest BCUT2D eigenvalue weighted by atomic mass is 10.1. The van der Waals surface area contributed by atoms with Gasteiger partial charge in [0.15, 0.2) is 0 Å². The minimum Gasteiger partial charge on any atom is -0.469 e. The van der Waals surface area contributed by atoms with E-state index < -0.39 is 11.7 Å². The maximum absolute atomic E-state index is 12.0. The summed E-state index contributed by atoms with van der Waals surface area (Å²) >= 11 is 0. The summed E-state index contributed by atoms with van der Waals surface area (Å²) in [5.41, 5.74) is 3.17. The van der Waals surface area contributed by atoms with Gasteiger partial charge in [0.1, 0.15) is 5.60 Å². The minimum absolute atomic E-state index is 0.216. The van der Waals surface area contributed by atoms with Gasteiger partial charge >= 0.3 is 12.1 Å². The van der Waals surface area contributed by atoms with Gasteiger partial charge in [-0.25, -0.2) is 9.31 Å². The summed E-state index contributed by atoms with van der Waals surface area (Å²) < 4.78 is 13.6. The number of amides is 1. The second-order valence-corrected chi connectivity index (χ2v) is 8.42. The lowest BCUT2D eigenvalue weighted by Gasteiger charge is -2.24. The van der Waals surface area contributed by atoms with Crippen LogP contribution < -0.4 is 10.2 Å². The fourth-order valence-electron chi connectivity index (χ4n) is 3.24. The Morgan fingerprint density at radius 2 is 1.88 bits per heavy atom. The fraction of sp³-hybridized carbons (Fsp3) is 0.455. The van der Waals surface area contributed by atoms with Crippen molar-refractivity contribution in [1.29, 1.82) is 0 Å². The monoisotopic (exact) mass is 442 g/mol. The molecular weight excluding hydrogens is 412 g/mol. The number of carbonyl (C=O) groups excluding carboxylic acids is 2. The van der Waals surface area contributed by atoms with E-state index in [0.717, 1.165) is 22.3 Å². The number of carbonyl (C=O) groups is 2. The van der Waals surface area contributed by atoms with Crippen molar-refractivity contribution in [3.8, 4) is 11.1 Å². The number of hydrogen-bond donors (Lipinski definition) is 1. The van der Waals surface area contributed by atoms with Crippen molar-refractivity contribution >= 4 is 23.3 Å². The second-order valence-electron chi connectivity index (χ2n) is 8.42. The van der Waals surface area contributed by atoms with Gasteiger partial charge < -0.3 is 19.7 Å². The first-order valence-electron chi connectivity index (χ1n) is 10.4. The number of alkyl carbamates (subject to hydrolysis) is 1. The Labute approximate surface area is 187 Å². The van der Waals surface area contributed by atoms with Crippen LogP contribution in [0.1, 0.15) is 27.2 Å². The number of rotatable bonds is 8. The van der Waals surface area contributed by atoms with E-state index in [1.165, 1.54) is 7.11 Å². The number of nitrogens with zero attached hydrogens (tertiary/aromatic N) is 5. The summed E-state index contributed by atoms with van der Waals surface area (Å²) in [4.78, 5) is 25.7. The third-order valence-corrected chi connectivity index (χ3v) is 4.74. The third kappa shape index (κ3) is 5.99. The topological polar surface area (TPSA) is 103 Å². The number of anilines is 1. The molecule has 0 aliphatic carbocycles. The van der Waals surface area contributed by atoms with Crippen molar-refractivity contribution in [3.05, 3.63) is 36.9 Å². The summed E-state index contributed by atoms with van der Waals surface area (Å²) in [6, 6.07) is 3.99. The number of ether oxygens (including phenoxy) is 2. The van der Waals surface area contributed by atoms with Gasteiger partial charge in [0, 0.05) is 50.2 Å². The van der Waals surface area contributed by atoms with Crippen LogP contribution in [0.25, 0.3) is 16.6 Å². The zero-order chi connectivity index (χ0) is 23.3. The average molecular weight is 443 g/mol. The van der Waals surface area contributed by atoms with Crippen molar-refractivity contribution in [2.45, 2.75) is 32.8 Å². The fourth-order valence-corrected chi connectivity index (χ4v) is 3.24. The molecule has 32 heavy (non-hydrogen) atoms. The number of methoxy groups -OCH3 is 1. The first-order chi connectivity index (χ1) is 15.2. The Morgan fingerprint density at radius 1 is 1.09 bits per heavy atom. The van der Waals surface area contributed by atoms with Crippen LogP contribution >= 0.6 is 0 Å². The van der Waals surface area contributed by atoms with E-state index in [-0.39, 0.29) is 12.4 Å². The summed E-state index contributed by atoms with van der Waals surface area (Å²) in [5, 5.41) is 11.5. The zero-order valence-corrected chi connectivity index (χ0v) is 19.2. The van der Waals surface area contributed by atoms with Gasteiger partial charge in [-0.3, -0.25) is 9.48 Å². The molecular formula is C22H30N6O4. The second kappa shape index (κ2) is 9.71. The minimum atomic E-state index is -0.566. The molecule has 3 heterocycles. The lowest BCUT2D eigenvalue weighted by Crippen LogP contribution is -2.38. The molecule has 1 amide bonds. The number of hydrogen-bond acceptors (Lipinski definition) is 7. The molecule has 3 rings (SSSR count). The van der Waals surface area contributed by atoms with Gasteiger partial charge in [-0.05, 0) is 26.8 Å². The van der Waals surface area contributed by atoms with Crippen LogP contribution in [0.3, 0.4) is 0 Å². The molecule has 0 aliphatic heterocycles. The third-order valence-electron chi connectivity index (χ3n) is 4.74. The van der Waals surface area contributed by atoms with Crippen molar-refractivity contribution in [1.82, 2.24) is 24.7 Å². The van der Waals surface area contributed by atoms with E-state index in [4.69, 9.17) is 9.47 Å². The van der Waals surface area contributed by atoms with Crippen LogP contribution in [0.15, 0.2) is 36.9 Å². The highest BCUT2D eigenvalue weighted by atomic mass is 16.6. The summed E-state index contributed by atoms with van der Waals surface area (Å²) in [5.74, 6) is -0.301. The highest BCUT2D eigenvalue weighted by molar-refractivity contribution is 5.76. The van der Waals surface area contributed by atoms with Crippen LogP contribution in [0.4, 0.5) is 10.5 Å². The summed E-state index contributed by atoms with van der Waals surface area (Å²) in [7, 11) is 3.24. The Bertz CT molecular complexity index is 1080. The van der Waals surface area contributed by atoms with Gasteiger partial charge in [0.2, 0.25) is 0 Å². The van der Waals surface area contributed by atoms with Crippen LogP contribution in [-0.2, 0) is 21.3 Å². The summed E-state index contributed by atoms with van der Waals surface area (Å²) in [6.07, 6.45) is 7.17. The van der Waals surface area contributed by atoms with E-state index in [1.54, 1.807) is 21.6 Å². The Balaban J connectivity index is 1.77. The number of aromatic nitrogens is 4. The predicted octanol–water partition coefficient (Wildman–Crippen LogP) is 2.63. The zero-order valence-electron chi connectivity index (χ0n) is 19.2. The van der Waals surface area contributed by atoms with Gasteiger partial charge in [0.05, 0.1) is 37.1 Å². The van der Waals surface area contributed by atoms with Crippen LogP contribution in [0.2, 0.25) is 0 Å². The number of fused-ring (bicyclic) bond motifs is 1. The molecule has 0 bridgehead atoms. The molecule has 0 saturated carbocycles. The smallest absolute Gasteiger partial charge is 0.407 e. The summed E-state index contributed by atoms with van der Waals surface area (Å²) in [6.45, 7) is 6.69. The first kappa shape index (κ1) is 23.1. The van der Waals surface area contributed by atoms with Crippen LogP contribution in [-0.4, -0.2) is 63.8 Å². The molecule has 0 unspecified atom stereocenters. The Kier molecular flexibility index (Phi) is 7.01. The highest BCUT2D eigenvalue weighted by Crippen LogP contribution is 2.25. The quantitative estimate of drug-likeness (QED) is 0.535. The molecule has 172 valence electrons. The van der Waals surface area contributed by atoms with Crippen molar-refractivity contribution in [3.63, 3.8) is 0 Å². The molecule has 0 atom stereocenters. The standard InChI is InChI=1S/C22H30N6O4/c1-22(2,3)32-21(30)23-9-11-27(10-8-20(29)31-5)19-13-25-28-15-16(6-7-18(19)28)17-12-24-26(4)14-17/h6-7,12-15H,8-11H2,1-5H3,(H,23,30). The van der Waals surface area contributed by atoms with Crippen molar-refractivity contribution in [2.75, 3.05) is 31.6 Å². The molecule has 0 spiro atoms. The van der Waals surface area contributed by atoms with Crippen molar-refractivity contribution in [2.24, 2.45) is 7.05 Å². The Morgan fingerprint density at radius 3 is 2.53 bits per heavy atom. The number of esters is 1. The molecule has 0 fully saturated rings. The SMILES string of the molecule is COC(=O)CCN(CCNC(=O)OC(C)(C)C)c1cnn2cc(-c3cnn(C)c3)ccc12. The molecule has 0 aliphatic rings. The molecule has 1 N–H and O–H groups in total. The van der Waals surface area contributed by atoms with E-state index in [2.05, 4.69) is 15.5 Å². The van der Waals surface area contributed by atoms with E-state index in [1.807, 2.05) is 57.2 Å². The maximum Gasteiger partial charge on any atom is 0.407 e. The predicted molar refractivity (Wildman–Crippen MR) is 120 cm³/mol. The van der Waals surface area contributed by atoms with E-state index in [0.29, 0.717) is 19.6 Å². The van der Waals surface area contributed by atoms with Gasteiger partial charge in [-0.15, -0.1) is 0 Å². The number of pyridine rings is 1. The molecule has 3 aromatic rings. The maximum atomic E-state index is 12.0. The molecule has 0 saturated heterocycles. The molecule has 0 radical (unpaired) electrons. The first-order valence-corrected chi connectivity index (χ1v) is 10.4. The van der Waals surface area contributed by atoms with E-state index >= 15 is 0 Å². The molecule has 3 aromatic heterocycles. The van der Waals surface area contributed by atoms with Crippen LogP contribution in [0, 0.1) is 0 Å². The Hall–Kier alpha value is -3.56. The highest BCUT2D eigenvalue weighted by Gasteiger charge is 2.18. The molecule has 10 heteroatoms. The van der Waals surface area contributed by atoms with Gasteiger partial charge in [0.25, 0.3) is 0 Å².